The van der Waals surface area contributed by atoms with Crippen LogP contribution in [0.4, 0.5) is 5.69 Å². The molecule has 1 unspecified atom stereocenters. The van der Waals surface area contributed by atoms with Gasteiger partial charge >= 0.3 is 0 Å². The quantitative estimate of drug-likeness (QED) is 0.586. The highest BCUT2D eigenvalue weighted by molar-refractivity contribution is 6.08. The zero-order chi connectivity index (χ0) is 19.5. The lowest BCUT2D eigenvalue weighted by molar-refractivity contribution is -0.991. The van der Waals surface area contributed by atoms with E-state index in [-0.39, 0.29) is 5.69 Å². The number of benzene rings is 2. The molecule has 1 aliphatic rings. The van der Waals surface area contributed by atoms with Crippen LogP contribution in [-0.2, 0) is 0 Å². The molecule has 144 valence electrons. The first-order valence-electron chi connectivity index (χ1n) is 8.94. The van der Waals surface area contributed by atoms with Crippen LogP contribution in [0.15, 0.2) is 58.0 Å². The number of quaternary nitrogens is 1. The molecule has 3 N–H and O–H groups in total. The van der Waals surface area contributed by atoms with Gasteiger partial charge in [-0.05, 0) is 42.8 Å². The number of methoxy groups -OCH3 is 1. The van der Waals surface area contributed by atoms with E-state index in [0.717, 1.165) is 47.8 Å². The fourth-order valence-corrected chi connectivity index (χ4v) is 3.12. The van der Waals surface area contributed by atoms with E-state index in [4.69, 9.17) is 14.5 Å². The average molecular weight is 380 g/mol. The van der Waals surface area contributed by atoms with Crippen molar-refractivity contribution in [2.24, 2.45) is 4.99 Å². The highest BCUT2D eigenvalue weighted by Crippen LogP contribution is 2.34. The minimum atomic E-state index is -0.968. The van der Waals surface area contributed by atoms with Crippen LogP contribution in [0.25, 0.3) is 22.6 Å². The van der Waals surface area contributed by atoms with E-state index in [1.165, 1.54) is 0 Å². The van der Waals surface area contributed by atoms with Crippen LogP contribution in [-0.4, -0.2) is 36.4 Å². The first-order valence-corrected chi connectivity index (χ1v) is 8.94. The molecule has 2 heterocycles. The van der Waals surface area contributed by atoms with E-state index in [1.54, 1.807) is 31.4 Å². The average Bonchev–Trinajstić information content (AvgIpc) is 3.19. The van der Waals surface area contributed by atoms with Crippen LogP contribution < -0.4 is 15.3 Å². The van der Waals surface area contributed by atoms with Gasteiger partial charge in [0.15, 0.2) is 11.4 Å². The summed E-state index contributed by atoms with van der Waals surface area (Å²) in [5.41, 5.74) is 3.23. The summed E-state index contributed by atoms with van der Waals surface area (Å²) in [6.07, 6.45) is 0.968. The van der Waals surface area contributed by atoms with Gasteiger partial charge in [0.1, 0.15) is 17.3 Å². The normalized spacial score (nSPS) is 14.9. The maximum atomic E-state index is 11.1. The predicted molar refractivity (Wildman–Crippen MR) is 104 cm³/mol. The van der Waals surface area contributed by atoms with Crippen molar-refractivity contribution < 1.29 is 19.7 Å². The molecule has 0 bridgehead atoms. The zero-order valence-corrected chi connectivity index (χ0v) is 15.3. The summed E-state index contributed by atoms with van der Waals surface area (Å²) < 4.78 is 10.9. The monoisotopic (exact) mass is 380 g/mol. The SMILES string of the molecule is COc1ccc(-c2onc(-c3ccc([NH+]([O-])O)cc3)c2C2=NCCCN2)cc1. The number of nitrogens with one attached hydrogen (secondary N) is 2. The van der Waals surface area contributed by atoms with Crippen LogP contribution in [0, 0.1) is 5.21 Å². The maximum Gasteiger partial charge on any atom is 0.178 e. The second-order valence-corrected chi connectivity index (χ2v) is 6.36. The first-order chi connectivity index (χ1) is 13.7. The van der Waals surface area contributed by atoms with E-state index < -0.39 is 5.23 Å². The Kier molecular flexibility index (Phi) is 5.07. The van der Waals surface area contributed by atoms with Crippen molar-refractivity contribution >= 4 is 11.5 Å². The molecule has 1 aliphatic heterocycles. The summed E-state index contributed by atoms with van der Waals surface area (Å²) in [6, 6.07) is 14.1. The predicted octanol–water partition coefficient (Wildman–Crippen LogP) is 2.16. The Morgan fingerprint density at radius 2 is 1.82 bits per heavy atom. The van der Waals surface area contributed by atoms with E-state index in [2.05, 4.69) is 15.5 Å². The Labute approximate surface area is 161 Å². The van der Waals surface area contributed by atoms with Gasteiger partial charge in [-0.25, -0.2) is 5.21 Å². The molecule has 0 radical (unpaired) electrons. The number of aromatic nitrogens is 1. The van der Waals surface area contributed by atoms with Gasteiger partial charge in [-0.3, -0.25) is 4.99 Å². The highest BCUT2D eigenvalue weighted by atomic mass is 16.8. The Bertz CT molecular complexity index is 978. The van der Waals surface area contributed by atoms with Gasteiger partial charge in [-0.1, -0.05) is 5.16 Å². The van der Waals surface area contributed by atoms with E-state index in [0.29, 0.717) is 11.5 Å². The molecule has 0 amide bonds. The third-order valence-electron chi connectivity index (χ3n) is 4.58. The van der Waals surface area contributed by atoms with Gasteiger partial charge in [-0.15, -0.1) is 0 Å². The molecular weight excluding hydrogens is 360 g/mol. The molecule has 8 heteroatoms. The van der Waals surface area contributed by atoms with Crippen molar-refractivity contribution in [2.75, 3.05) is 20.2 Å². The summed E-state index contributed by atoms with van der Waals surface area (Å²) in [5.74, 6) is 2.09. The van der Waals surface area contributed by atoms with Crippen LogP contribution in [0.1, 0.15) is 12.0 Å². The minimum Gasteiger partial charge on any atom is -0.595 e. The summed E-state index contributed by atoms with van der Waals surface area (Å²) in [6.45, 7) is 1.55. The number of nitrogens with zero attached hydrogens (tertiary/aromatic N) is 2. The smallest absolute Gasteiger partial charge is 0.178 e. The molecule has 0 saturated heterocycles. The summed E-state index contributed by atoms with van der Waals surface area (Å²) >= 11 is 0. The molecule has 2 aromatic carbocycles. The van der Waals surface area contributed by atoms with Crippen molar-refractivity contribution in [1.29, 1.82) is 0 Å². The summed E-state index contributed by atoms with van der Waals surface area (Å²) in [5, 5.41) is 26.9. The maximum absolute atomic E-state index is 11.1. The second kappa shape index (κ2) is 7.81. The lowest BCUT2D eigenvalue weighted by atomic mass is 10.0. The number of amidine groups is 1. The fraction of sp³-hybridized carbons (Fsp3) is 0.200. The number of aliphatic imine (C=N–C) groups is 1. The molecule has 1 aromatic heterocycles. The number of hydrogen-bond donors (Lipinski definition) is 3. The van der Waals surface area contributed by atoms with Crippen molar-refractivity contribution in [3.63, 3.8) is 0 Å². The summed E-state index contributed by atoms with van der Waals surface area (Å²) in [4.78, 5) is 4.61. The molecule has 4 rings (SSSR count). The Hall–Kier alpha value is -3.20. The molecular formula is C20H20N4O4. The van der Waals surface area contributed by atoms with E-state index >= 15 is 0 Å². The van der Waals surface area contributed by atoms with Crippen LogP contribution in [0.5, 0.6) is 5.75 Å². The van der Waals surface area contributed by atoms with Crippen LogP contribution >= 0.6 is 0 Å². The Morgan fingerprint density at radius 3 is 2.43 bits per heavy atom. The third-order valence-corrected chi connectivity index (χ3v) is 4.58. The fourth-order valence-electron chi connectivity index (χ4n) is 3.12. The molecule has 8 nitrogen and oxygen atoms in total. The zero-order valence-electron chi connectivity index (χ0n) is 15.3. The number of rotatable bonds is 5. The minimum absolute atomic E-state index is 0.220. The van der Waals surface area contributed by atoms with E-state index in [1.807, 2.05) is 24.3 Å². The van der Waals surface area contributed by atoms with Crippen molar-refractivity contribution in [2.45, 2.75) is 6.42 Å². The second-order valence-electron chi connectivity index (χ2n) is 6.36. The van der Waals surface area contributed by atoms with Gasteiger partial charge in [0.05, 0.1) is 12.7 Å². The first kappa shape index (κ1) is 18.2. The number of hydrogen-bond acceptors (Lipinski definition) is 7. The third kappa shape index (κ3) is 3.48. The van der Waals surface area contributed by atoms with Crippen molar-refractivity contribution in [3.05, 3.63) is 59.3 Å². The highest BCUT2D eigenvalue weighted by Gasteiger charge is 2.24. The Balaban J connectivity index is 1.82. The van der Waals surface area contributed by atoms with Crippen LogP contribution in [0.2, 0.25) is 0 Å². The van der Waals surface area contributed by atoms with Crippen molar-refractivity contribution in [3.8, 4) is 28.3 Å². The van der Waals surface area contributed by atoms with Gasteiger partial charge in [0.25, 0.3) is 0 Å². The molecule has 0 spiro atoms. The molecule has 3 aromatic rings. The van der Waals surface area contributed by atoms with Crippen LogP contribution in [0.3, 0.4) is 0 Å². The lowest BCUT2D eigenvalue weighted by Gasteiger charge is -2.16. The topological polar surface area (TPSA) is 107 Å². The van der Waals surface area contributed by atoms with Gasteiger partial charge in [0.2, 0.25) is 0 Å². The van der Waals surface area contributed by atoms with Gasteiger partial charge in [-0.2, -0.15) is 5.23 Å². The molecule has 0 fully saturated rings. The van der Waals surface area contributed by atoms with Crippen molar-refractivity contribution in [1.82, 2.24) is 10.5 Å². The standard InChI is InChI=1S/C20H20N4O4/c1-27-16-9-5-14(6-10-16)19-17(20-21-11-2-12-22-20)18(23-28-19)13-3-7-15(8-4-13)24(25)26/h3-10,24-25H,2,11-12H2,1H3,(H,21,22). The Morgan fingerprint density at radius 1 is 1.11 bits per heavy atom. The number of ether oxygens (including phenoxy) is 1. The molecule has 0 saturated carbocycles. The summed E-state index contributed by atoms with van der Waals surface area (Å²) in [7, 11) is 1.62. The molecule has 28 heavy (non-hydrogen) atoms. The van der Waals surface area contributed by atoms with Gasteiger partial charge < -0.3 is 19.8 Å². The lowest BCUT2D eigenvalue weighted by Crippen LogP contribution is -2.99. The largest absolute Gasteiger partial charge is 0.595 e. The van der Waals surface area contributed by atoms with E-state index in [9.17, 15) is 5.21 Å². The molecule has 0 aliphatic carbocycles. The van der Waals surface area contributed by atoms with Gasteiger partial charge in [0, 0.05) is 36.3 Å². The molecule has 1 atom stereocenters.